The highest BCUT2D eigenvalue weighted by Crippen LogP contribution is 2.09. The van der Waals surface area contributed by atoms with Gasteiger partial charge in [0.2, 0.25) is 0 Å². The van der Waals surface area contributed by atoms with Gasteiger partial charge in [-0.1, -0.05) is 6.08 Å². The highest BCUT2D eigenvalue weighted by atomic mass is 16.5. The normalized spacial score (nSPS) is 9.13. The first-order chi connectivity index (χ1) is 7.26. The third-order valence-electron chi connectivity index (χ3n) is 1.63. The first-order valence-electron chi connectivity index (χ1n) is 4.42. The summed E-state index contributed by atoms with van der Waals surface area (Å²) < 4.78 is 4.43. The molecule has 15 heavy (non-hydrogen) atoms. The summed E-state index contributed by atoms with van der Waals surface area (Å²) in [4.78, 5) is 14.8. The summed E-state index contributed by atoms with van der Waals surface area (Å²) in [5.41, 5.74) is 0.866. The molecule has 1 aromatic rings. The van der Waals surface area contributed by atoms with Gasteiger partial charge < -0.3 is 10.1 Å². The molecular weight excluding hydrogens is 194 g/mol. The lowest BCUT2D eigenvalue weighted by molar-refractivity contribution is 0.187. The molecule has 0 aliphatic rings. The van der Waals surface area contributed by atoms with Crippen molar-refractivity contribution in [2.24, 2.45) is 0 Å². The number of carbonyl (C=O) groups excluding carboxylic acids is 1. The monoisotopic (exact) mass is 207 g/mol. The molecule has 80 valence electrons. The van der Waals surface area contributed by atoms with Gasteiger partial charge in [0.25, 0.3) is 0 Å². The fourth-order valence-electron chi connectivity index (χ4n) is 0.918. The molecule has 0 aliphatic heterocycles. The van der Waals surface area contributed by atoms with E-state index in [1.165, 1.54) is 7.11 Å². The largest absolute Gasteiger partial charge is 0.453 e. The SMILES string of the molecule is C=CCNc1ccc(NC(=O)OC)nc1. The van der Waals surface area contributed by atoms with Crippen molar-refractivity contribution >= 4 is 17.6 Å². The molecule has 0 atom stereocenters. The number of aromatic nitrogens is 1. The van der Waals surface area contributed by atoms with Crippen molar-refractivity contribution in [3.63, 3.8) is 0 Å². The fourth-order valence-corrected chi connectivity index (χ4v) is 0.918. The molecule has 0 unspecified atom stereocenters. The zero-order chi connectivity index (χ0) is 11.1. The molecule has 1 aromatic heterocycles. The van der Waals surface area contributed by atoms with Gasteiger partial charge in [-0.05, 0) is 12.1 Å². The lowest BCUT2D eigenvalue weighted by atomic mass is 10.4. The molecule has 0 spiro atoms. The first-order valence-corrected chi connectivity index (χ1v) is 4.42. The Kier molecular flexibility index (Phi) is 4.15. The second kappa shape index (κ2) is 5.64. The molecule has 2 N–H and O–H groups in total. The highest BCUT2D eigenvalue weighted by molar-refractivity contribution is 5.83. The van der Waals surface area contributed by atoms with E-state index in [0.29, 0.717) is 12.4 Å². The summed E-state index contributed by atoms with van der Waals surface area (Å²) >= 11 is 0. The molecule has 0 radical (unpaired) electrons. The van der Waals surface area contributed by atoms with E-state index in [2.05, 4.69) is 26.9 Å². The van der Waals surface area contributed by atoms with Crippen LogP contribution in [0.2, 0.25) is 0 Å². The van der Waals surface area contributed by atoms with Gasteiger partial charge in [0.15, 0.2) is 0 Å². The molecule has 0 fully saturated rings. The number of rotatable bonds is 4. The summed E-state index contributed by atoms with van der Waals surface area (Å²) in [6.45, 7) is 4.26. The predicted molar refractivity (Wildman–Crippen MR) is 59.0 cm³/mol. The third-order valence-corrected chi connectivity index (χ3v) is 1.63. The van der Waals surface area contributed by atoms with Gasteiger partial charge in [0.05, 0.1) is 19.0 Å². The minimum absolute atomic E-state index is 0.450. The van der Waals surface area contributed by atoms with E-state index < -0.39 is 6.09 Å². The standard InChI is InChI=1S/C10H13N3O2/c1-3-6-11-8-4-5-9(12-7-8)13-10(14)15-2/h3-5,7,11H,1,6H2,2H3,(H,12,13,14). The molecule has 5 nitrogen and oxygen atoms in total. The van der Waals surface area contributed by atoms with Gasteiger partial charge in [0.1, 0.15) is 5.82 Å². The minimum Gasteiger partial charge on any atom is -0.453 e. The van der Waals surface area contributed by atoms with Gasteiger partial charge in [-0.3, -0.25) is 5.32 Å². The maximum absolute atomic E-state index is 10.8. The minimum atomic E-state index is -0.533. The number of methoxy groups -OCH3 is 1. The average molecular weight is 207 g/mol. The molecule has 0 saturated carbocycles. The van der Waals surface area contributed by atoms with Crippen LogP contribution >= 0.6 is 0 Å². The molecule has 0 aromatic carbocycles. The summed E-state index contributed by atoms with van der Waals surface area (Å²) in [5.74, 6) is 0.450. The van der Waals surface area contributed by atoms with Crippen LogP contribution in [0.4, 0.5) is 16.3 Å². The van der Waals surface area contributed by atoms with Crippen LogP contribution in [-0.4, -0.2) is 24.7 Å². The van der Waals surface area contributed by atoms with Gasteiger partial charge in [-0.15, -0.1) is 6.58 Å². The number of anilines is 2. The third kappa shape index (κ3) is 3.68. The number of hydrogen-bond acceptors (Lipinski definition) is 4. The van der Waals surface area contributed by atoms with Gasteiger partial charge in [-0.2, -0.15) is 0 Å². The van der Waals surface area contributed by atoms with Gasteiger partial charge >= 0.3 is 6.09 Å². The van der Waals surface area contributed by atoms with Crippen LogP contribution in [0.3, 0.4) is 0 Å². The molecule has 1 heterocycles. The van der Waals surface area contributed by atoms with Crippen molar-refractivity contribution in [3.8, 4) is 0 Å². The van der Waals surface area contributed by atoms with Gasteiger partial charge in [-0.25, -0.2) is 9.78 Å². The second-order valence-corrected chi connectivity index (χ2v) is 2.72. The molecule has 0 aliphatic carbocycles. The van der Waals surface area contributed by atoms with E-state index in [0.717, 1.165) is 5.69 Å². The Morgan fingerprint density at radius 2 is 2.47 bits per heavy atom. The Morgan fingerprint density at radius 3 is 3.00 bits per heavy atom. The Balaban J connectivity index is 2.55. The molecular formula is C10H13N3O2. The summed E-state index contributed by atoms with van der Waals surface area (Å²) in [6, 6.07) is 3.49. The second-order valence-electron chi connectivity index (χ2n) is 2.72. The van der Waals surface area contributed by atoms with Crippen LogP contribution in [0.15, 0.2) is 31.0 Å². The Labute approximate surface area is 88.2 Å². The predicted octanol–water partition coefficient (Wildman–Crippen LogP) is 1.86. The lowest BCUT2D eigenvalue weighted by Gasteiger charge is -2.05. The van der Waals surface area contributed by atoms with E-state index in [-0.39, 0.29) is 0 Å². The summed E-state index contributed by atoms with van der Waals surface area (Å²) in [7, 11) is 1.30. The number of carbonyl (C=O) groups is 1. The van der Waals surface area contributed by atoms with Crippen molar-refractivity contribution in [1.82, 2.24) is 4.98 Å². The first kappa shape index (κ1) is 11.0. The van der Waals surface area contributed by atoms with E-state index in [1.54, 1.807) is 18.3 Å². The zero-order valence-electron chi connectivity index (χ0n) is 8.49. The molecule has 0 saturated heterocycles. The van der Waals surface area contributed by atoms with Crippen LogP contribution in [-0.2, 0) is 4.74 Å². The molecule has 1 rings (SSSR count). The van der Waals surface area contributed by atoms with Crippen molar-refractivity contribution in [2.75, 3.05) is 24.3 Å². The van der Waals surface area contributed by atoms with Crippen molar-refractivity contribution < 1.29 is 9.53 Å². The lowest BCUT2D eigenvalue weighted by Crippen LogP contribution is -2.12. The summed E-state index contributed by atoms with van der Waals surface area (Å²) in [5, 5.41) is 5.52. The number of nitrogens with zero attached hydrogens (tertiary/aromatic N) is 1. The number of amides is 1. The van der Waals surface area contributed by atoms with Crippen LogP contribution in [0.5, 0.6) is 0 Å². The van der Waals surface area contributed by atoms with Crippen LogP contribution in [0.1, 0.15) is 0 Å². The van der Waals surface area contributed by atoms with Crippen LogP contribution < -0.4 is 10.6 Å². The Bertz CT molecular complexity index is 335. The number of hydrogen-bond donors (Lipinski definition) is 2. The Hall–Kier alpha value is -2.04. The molecule has 1 amide bonds. The van der Waals surface area contributed by atoms with Crippen LogP contribution in [0.25, 0.3) is 0 Å². The molecule has 0 bridgehead atoms. The van der Waals surface area contributed by atoms with Crippen molar-refractivity contribution in [2.45, 2.75) is 0 Å². The number of ether oxygens (including phenoxy) is 1. The highest BCUT2D eigenvalue weighted by Gasteiger charge is 2.00. The average Bonchev–Trinajstić information content (AvgIpc) is 2.28. The van der Waals surface area contributed by atoms with Crippen molar-refractivity contribution in [1.29, 1.82) is 0 Å². The van der Waals surface area contributed by atoms with E-state index in [4.69, 9.17) is 0 Å². The maximum atomic E-state index is 10.8. The maximum Gasteiger partial charge on any atom is 0.412 e. The zero-order valence-corrected chi connectivity index (χ0v) is 8.49. The topological polar surface area (TPSA) is 63.2 Å². The van der Waals surface area contributed by atoms with Crippen molar-refractivity contribution in [3.05, 3.63) is 31.0 Å². The number of nitrogens with one attached hydrogen (secondary N) is 2. The summed E-state index contributed by atoms with van der Waals surface area (Å²) in [6.07, 6.45) is 2.84. The van der Waals surface area contributed by atoms with Crippen LogP contribution in [0, 0.1) is 0 Å². The smallest absolute Gasteiger partial charge is 0.412 e. The van der Waals surface area contributed by atoms with E-state index in [9.17, 15) is 4.79 Å². The molecule has 5 heteroatoms. The van der Waals surface area contributed by atoms with E-state index >= 15 is 0 Å². The number of pyridine rings is 1. The Morgan fingerprint density at radius 1 is 1.67 bits per heavy atom. The van der Waals surface area contributed by atoms with E-state index in [1.807, 2.05) is 6.07 Å². The fraction of sp³-hybridized carbons (Fsp3) is 0.200. The quantitative estimate of drug-likeness (QED) is 0.740. The van der Waals surface area contributed by atoms with Gasteiger partial charge in [0, 0.05) is 6.54 Å².